The molecular weight excluding hydrogens is 536 g/mol. The van der Waals surface area contributed by atoms with Crippen molar-refractivity contribution in [1.29, 1.82) is 0 Å². The second-order valence-electron chi connectivity index (χ2n) is 9.09. The van der Waals surface area contributed by atoms with Crippen molar-refractivity contribution < 1.29 is 21.3 Å². The molecule has 8 nitrogen and oxygen atoms in total. The molecule has 4 aromatic rings. The predicted octanol–water partition coefficient (Wildman–Crippen LogP) is 4.62. The van der Waals surface area contributed by atoms with E-state index in [-0.39, 0.29) is 45.3 Å². The predicted molar refractivity (Wildman–Crippen MR) is 137 cm³/mol. The molecule has 3 heterocycles. The normalized spacial score (nSPS) is 18.5. The van der Waals surface area contributed by atoms with Crippen LogP contribution in [0.5, 0.6) is 0 Å². The maximum atomic E-state index is 16.0. The van der Waals surface area contributed by atoms with Crippen LogP contribution >= 0.6 is 11.6 Å². The maximum absolute atomic E-state index is 16.0. The molecule has 0 saturated heterocycles. The van der Waals surface area contributed by atoms with E-state index in [4.69, 9.17) is 15.7 Å². The van der Waals surface area contributed by atoms with Crippen LogP contribution in [0.3, 0.4) is 0 Å². The van der Waals surface area contributed by atoms with Crippen LogP contribution in [0.2, 0.25) is 5.02 Å². The highest BCUT2D eigenvalue weighted by atomic mass is 35.5. The third-order valence-electron chi connectivity index (χ3n) is 6.39. The Morgan fingerprint density at radius 1 is 1.11 bits per heavy atom. The van der Waals surface area contributed by atoms with Crippen molar-refractivity contribution in [2.45, 2.75) is 43.9 Å². The fourth-order valence-corrected chi connectivity index (χ4v) is 5.51. The molecule has 0 N–H and O–H groups in total. The van der Waals surface area contributed by atoms with Gasteiger partial charge in [0, 0.05) is 45.9 Å². The van der Waals surface area contributed by atoms with E-state index >= 15 is 8.78 Å². The quantitative estimate of drug-likeness (QED) is 0.350. The lowest BCUT2D eigenvalue weighted by molar-refractivity contribution is 0.568. The number of hydrogen-bond donors (Lipinski definition) is 0. The number of hydrogen-bond acceptors (Lipinski definition) is 7. The first-order valence-electron chi connectivity index (χ1n) is 12.9. The van der Waals surface area contributed by atoms with Crippen LogP contribution in [-0.2, 0) is 9.84 Å². The fourth-order valence-electron chi connectivity index (χ4n) is 4.48. The summed E-state index contributed by atoms with van der Waals surface area (Å²) in [6.07, 6.45) is 3.90. The second-order valence-corrected chi connectivity index (χ2v) is 11.5. The van der Waals surface area contributed by atoms with Gasteiger partial charge < -0.3 is 0 Å². The summed E-state index contributed by atoms with van der Waals surface area (Å²) in [5, 5.41) is -0.266. The Bertz CT molecular complexity index is 1900. The molecule has 0 radical (unpaired) electrons. The van der Waals surface area contributed by atoms with Crippen molar-refractivity contribution in [3.8, 4) is 16.9 Å². The molecule has 1 fully saturated rings. The van der Waals surface area contributed by atoms with Gasteiger partial charge in [0.1, 0.15) is 27.3 Å². The number of pyridine rings is 1. The molecule has 12 heteroatoms. The molecule has 0 bridgehead atoms. The van der Waals surface area contributed by atoms with Crippen LogP contribution in [0.15, 0.2) is 46.3 Å². The number of benzene rings is 1. The van der Waals surface area contributed by atoms with Gasteiger partial charge in [0.15, 0.2) is 21.5 Å². The third kappa shape index (κ3) is 4.39. The SMILES string of the molecule is [2H]C([2H])([2H])c1ccnc([C@H]2C[C@@H]2c2nc(C)n(-c3c(C)cnc(-c4cccc(S(C)(=O)=O)c4F)c3F)c(=O)c2Cl)n1. The molecule has 2 atom stereocenters. The minimum atomic E-state index is -3.95. The molecule has 0 spiro atoms. The van der Waals surface area contributed by atoms with Crippen LogP contribution in [0.1, 0.15) is 51.0 Å². The number of aryl methyl sites for hydroxylation is 3. The zero-order chi connectivity index (χ0) is 30.0. The average Bonchev–Trinajstić information content (AvgIpc) is 3.68. The first kappa shape index (κ1) is 22.4. The molecule has 196 valence electrons. The van der Waals surface area contributed by atoms with Crippen LogP contribution in [0.25, 0.3) is 16.9 Å². The highest BCUT2D eigenvalue weighted by molar-refractivity contribution is 7.90. The van der Waals surface area contributed by atoms with Crippen molar-refractivity contribution in [2.24, 2.45) is 0 Å². The number of aromatic nitrogens is 5. The minimum absolute atomic E-state index is 0.0849. The first-order chi connectivity index (χ1) is 19.1. The Morgan fingerprint density at radius 3 is 2.58 bits per heavy atom. The molecule has 1 aromatic carbocycles. The third-order valence-corrected chi connectivity index (χ3v) is 7.86. The molecule has 5 rings (SSSR count). The van der Waals surface area contributed by atoms with Gasteiger partial charge in [0.25, 0.3) is 5.56 Å². The van der Waals surface area contributed by atoms with Gasteiger partial charge in [-0.2, -0.15) is 0 Å². The Hall–Kier alpha value is -3.57. The van der Waals surface area contributed by atoms with Crippen LogP contribution < -0.4 is 5.56 Å². The van der Waals surface area contributed by atoms with Crippen molar-refractivity contribution >= 4 is 21.4 Å². The monoisotopic (exact) mass is 560 g/mol. The van der Waals surface area contributed by atoms with Crippen molar-refractivity contribution in [3.05, 3.63) is 92.3 Å². The first-order valence-corrected chi connectivity index (χ1v) is 13.6. The molecule has 38 heavy (non-hydrogen) atoms. The molecule has 0 unspecified atom stereocenters. The van der Waals surface area contributed by atoms with E-state index in [2.05, 4.69) is 19.9 Å². The van der Waals surface area contributed by atoms with Crippen molar-refractivity contribution in [3.63, 3.8) is 0 Å². The second kappa shape index (κ2) is 9.32. The number of halogens is 3. The summed E-state index contributed by atoms with van der Waals surface area (Å²) in [6.45, 7) is 0.571. The molecule has 3 aromatic heterocycles. The van der Waals surface area contributed by atoms with Crippen molar-refractivity contribution in [2.75, 3.05) is 6.26 Å². The number of rotatable bonds is 5. The number of nitrogens with zero attached hydrogens (tertiary/aromatic N) is 5. The van der Waals surface area contributed by atoms with Gasteiger partial charge in [0.2, 0.25) is 0 Å². The molecule has 1 aliphatic rings. The molecule has 0 aliphatic heterocycles. The largest absolute Gasteiger partial charge is 0.277 e. The summed E-state index contributed by atoms with van der Waals surface area (Å²) in [6, 6.07) is 4.83. The highest BCUT2D eigenvalue weighted by Gasteiger charge is 2.45. The number of sulfone groups is 1. The van der Waals surface area contributed by atoms with E-state index in [1.165, 1.54) is 44.4 Å². The zero-order valence-corrected chi connectivity index (χ0v) is 21.9. The lowest BCUT2D eigenvalue weighted by Crippen LogP contribution is -2.26. The van der Waals surface area contributed by atoms with Gasteiger partial charge in [0.05, 0.1) is 11.4 Å². The van der Waals surface area contributed by atoms with Gasteiger partial charge in [-0.1, -0.05) is 17.7 Å². The smallest absolute Gasteiger partial charge is 0.267 e. The van der Waals surface area contributed by atoms with E-state index in [0.717, 1.165) is 16.9 Å². The average molecular weight is 561 g/mol. The van der Waals surface area contributed by atoms with Crippen molar-refractivity contribution in [1.82, 2.24) is 24.5 Å². The van der Waals surface area contributed by atoms with Gasteiger partial charge in [-0.05, 0) is 50.9 Å². The lowest BCUT2D eigenvalue weighted by atomic mass is 10.1. The Morgan fingerprint density at radius 2 is 1.87 bits per heavy atom. The van der Waals surface area contributed by atoms with E-state index < -0.39 is 50.0 Å². The van der Waals surface area contributed by atoms with Crippen LogP contribution in [0, 0.1) is 32.3 Å². The van der Waals surface area contributed by atoms with Gasteiger partial charge in [-0.3, -0.25) is 14.3 Å². The fraction of sp³-hybridized carbons (Fsp3) is 0.269. The van der Waals surface area contributed by atoms with E-state index in [1.807, 2.05) is 0 Å². The topological polar surface area (TPSA) is 108 Å². The van der Waals surface area contributed by atoms with Crippen LogP contribution in [0.4, 0.5) is 8.78 Å². The summed E-state index contributed by atoms with van der Waals surface area (Å²) in [7, 11) is -3.95. The Labute approximate surface area is 226 Å². The molecular formula is C26H22ClF2N5O3S. The Kier molecular flexibility index (Phi) is 5.50. The van der Waals surface area contributed by atoms with E-state index in [0.29, 0.717) is 12.2 Å². The zero-order valence-electron chi connectivity index (χ0n) is 23.3. The highest BCUT2D eigenvalue weighted by Crippen LogP contribution is 2.54. The summed E-state index contributed by atoms with van der Waals surface area (Å²) in [5.74, 6) is -2.53. The van der Waals surface area contributed by atoms with Gasteiger partial charge in [-0.15, -0.1) is 0 Å². The molecule has 1 saturated carbocycles. The summed E-state index contributed by atoms with van der Waals surface area (Å²) in [4.78, 5) is 29.7. The Balaban J connectivity index is 1.58. The lowest BCUT2D eigenvalue weighted by Gasteiger charge is -2.17. The minimum Gasteiger partial charge on any atom is -0.267 e. The maximum Gasteiger partial charge on any atom is 0.277 e. The van der Waals surface area contributed by atoms with E-state index in [9.17, 15) is 13.2 Å². The standard InChI is InChI=1S/C26H22ClF2N5O3S/c1-12-11-31-23(15-6-5-7-18(20(15)28)38(4,36)37)21(29)24(12)34-14(3)33-22(19(27)26(34)35)16-10-17(16)25-30-9-8-13(2)32-25/h5-9,11,16-17H,10H2,1-4H3/t16-,17-/m0/s1/i2D3. The van der Waals surface area contributed by atoms with E-state index in [1.54, 1.807) is 0 Å². The summed E-state index contributed by atoms with van der Waals surface area (Å²) < 4.78 is 78.9. The summed E-state index contributed by atoms with van der Waals surface area (Å²) in [5.41, 5.74) is -1.55. The van der Waals surface area contributed by atoms with Crippen LogP contribution in [-0.4, -0.2) is 39.2 Å². The molecule has 1 aliphatic carbocycles. The van der Waals surface area contributed by atoms with Gasteiger partial charge >= 0.3 is 0 Å². The molecule has 0 amide bonds. The summed E-state index contributed by atoms with van der Waals surface area (Å²) >= 11 is 6.48. The van der Waals surface area contributed by atoms with Gasteiger partial charge in [-0.25, -0.2) is 32.2 Å².